The molecule has 4 rings (SSSR count). The first-order valence-corrected chi connectivity index (χ1v) is 9.49. The first-order chi connectivity index (χ1) is 12.6. The van der Waals surface area contributed by atoms with Gasteiger partial charge in [0.05, 0.1) is 29.6 Å². The van der Waals surface area contributed by atoms with Gasteiger partial charge in [-0.2, -0.15) is 5.10 Å². The average Bonchev–Trinajstić information content (AvgIpc) is 2.92. The van der Waals surface area contributed by atoms with Gasteiger partial charge in [-0.25, -0.2) is 0 Å². The molecule has 136 valence electrons. The summed E-state index contributed by atoms with van der Waals surface area (Å²) >= 11 is 6.31. The summed E-state index contributed by atoms with van der Waals surface area (Å²) < 4.78 is 2.04. The Kier molecular flexibility index (Phi) is 4.59. The van der Waals surface area contributed by atoms with Crippen molar-refractivity contribution in [1.29, 1.82) is 0 Å². The van der Waals surface area contributed by atoms with Crippen LogP contribution < -0.4 is 4.90 Å². The lowest BCUT2D eigenvalue weighted by atomic mass is 10.1. The van der Waals surface area contributed by atoms with Crippen molar-refractivity contribution < 1.29 is 5.11 Å². The minimum atomic E-state index is -0.494. The highest BCUT2D eigenvalue weighted by Gasteiger charge is 2.21. The fourth-order valence-electron chi connectivity index (χ4n) is 3.71. The van der Waals surface area contributed by atoms with Crippen molar-refractivity contribution in [2.45, 2.75) is 45.9 Å². The lowest BCUT2D eigenvalue weighted by Gasteiger charge is -2.24. The zero-order valence-corrected chi connectivity index (χ0v) is 15.9. The molecule has 6 heteroatoms. The quantitative estimate of drug-likeness (QED) is 0.749. The first-order valence-electron chi connectivity index (χ1n) is 9.11. The van der Waals surface area contributed by atoms with Crippen molar-refractivity contribution >= 4 is 28.2 Å². The van der Waals surface area contributed by atoms with Crippen molar-refractivity contribution in [3.63, 3.8) is 0 Å². The molecular weight excluding hydrogens is 348 g/mol. The topological polar surface area (TPSA) is 54.2 Å². The number of aliphatic hydroxyl groups is 1. The summed E-state index contributed by atoms with van der Waals surface area (Å²) in [6.07, 6.45) is 3.05. The van der Waals surface area contributed by atoms with Crippen LogP contribution in [0.15, 0.2) is 30.5 Å². The Bertz CT molecular complexity index is 952. The van der Waals surface area contributed by atoms with E-state index in [0.29, 0.717) is 6.42 Å². The van der Waals surface area contributed by atoms with Crippen LogP contribution in [0.1, 0.15) is 42.8 Å². The number of aryl methyl sites for hydroxylation is 2. The molecule has 5 nitrogen and oxygen atoms in total. The molecule has 26 heavy (non-hydrogen) atoms. The number of benzene rings is 1. The summed E-state index contributed by atoms with van der Waals surface area (Å²) in [5, 5.41) is 16.5. The Balaban J connectivity index is 1.75. The number of hydrogen-bond donors (Lipinski definition) is 1. The van der Waals surface area contributed by atoms with Crippen LogP contribution in [0, 0.1) is 6.92 Å². The summed E-state index contributed by atoms with van der Waals surface area (Å²) in [6.45, 7) is 6.58. The first kappa shape index (κ1) is 17.3. The van der Waals surface area contributed by atoms with Crippen molar-refractivity contribution in [3.8, 4) is 0 Å². The highest BCUT2D eigenvalue weighted by Crippen LogP contribution is 2.32. The Labute approximate surface area is 158 Å². The number of fused-ring (bicyclic) bond motifs is 2. The number of pyridine rings is 1. The van der Waals surface area contributed by atoms with E-state index in [1.54, 1.807) is 0 Å². The molecule has 0 unspecified atom stereocenters. The van der Waals surface area contributed by atoms with Crippen LogP contribution in [0.25, 0.3) is 10.9 Å². The van der Waals surface area contributed by atoms with E-state index in [4.69, 9.17) is 11.6 Å². The number of hydrogen-bond acceptors (Lipinski definition) is 4. The van der Waals surface area contributed by atoms with Gasteiger partial charge in [0.2, 0.25) is 0 Å². The van der Waals surface area contributed by atoms with Crippen LogP contribution in [0.2, 0.25) is 5.02 Å². The molecule has 1 aromatic carbocycles. The molecule has 1 N–H and O–H groups in total. The van der Waals surface area contributed by atoms with Crippen LogP contribution in [0.3, 0.4) is 0 Å². The van der Waals surface area contributed by atoms with Gasteiger partial charge in [-0.05, 0) is 49.6 Å². The van der Waals surface area contributed by atoms with Gasteiger partial charge in [0.1, 0.15) is 0 Å². The van der Waals surface area contributed by atoms with E-state index >= 15 is 0 Å². The standard InChI is InChI=1S/C20H23ClN4O/c1-3-19(26)17-11-15-12-24(7-4-8-25(15)23-17)18-5-6-22-20-13(2)9-14(21)10-16(18)20/h5-6,9-11,19,26H,3-4,7-8,12H2,1-2H3/t19-/m1/s1. The SMILES string of the molecule is CC[C@@H](O)c1cc2n(n1)CCCN(c1ccnc3c(C)cc(Cl)cc13)C2. The Hall–Kier alpha value is -2.11. The molecule has 0 bridgehead atoms. The van der Waals surface area contributed by atoms with Gasteiger partial charge in [0, 0.05) is 35.4 Å². The third kappa shape index (κ3) is 3.06. The summed E-state index contributed by atoms with van der Waals surface area (Å²) in [7, 11) is 0. The lowest BCUT2D eigenvalue weighted by molar-refractivity contribution is 0.168. The second kappa shape index (κ2) is 6.89. The van der Waals surface area contributed by atoms with E-state index in [-0.39, 0.29) is 0 Å². The summed E-state index contributed by atoms with van der Waals surface area (Å²) in [5.41, 5.74) is 5.12. The van der Waals surface area contributed by atoms with Gasteiger partial charge in [0.25, 0.3) is 0 Å². The fraction of sp³-hybridized carbons (Fsp3) is 0.400. The van der Waals surface area contributed by atoms with Gasteiger partial charge in [0.15, 0.2) is 0 Å². The minimum absolute atomic E-state index is 0.494. The van der Waals surface area contributed by atoms with Crippen LogP contribution in [0.5, 0.6) is 0 Å². The number of anilines is 1. The zero-order valence-electron chi connectivity index (χ0n) is 15.1. The maximum atomic E-state index is 10.1. The third-order valence-electron chi connectivity index (χ3n) is 5.08. The van der Waals surface area contributed by atoms with Crippen molar-refractivity contribution in [2.75, 3.05) is 11.4 Å². The van der Waals surface area contributed by atoms with Crippen LogP contribution >= 0.6 is 11.6 Å². The second-order valence-corrected chi connectivity index (χ2v) is 7.37. The van der Waals surface area contributed by atoms with E-state index < -0.39 is 6.10 Å². The molecule has 0 amide bonds. The number of nitrogens with zero attached hydrogens (tertiary/aromatic N) is 4. The molecule has 3 aromatic rings. The third-order valence-corrected chi connectivity index (χ3v) is 5.30. The molecule has 1 aliphatic heterocycles. The molecule has 3 heterocycles. The van der Waals surface area contributed by atoms with Crippen LogP contribution in [-0.2, 0) is 13.1 Å². The monoisotopic (exact) mass is 370 g/mol. The predicted octanol–water partition coefficient (Wildman–Crippen LogP) is 4.25. The van der Waals surface area contributed by atoms with Gasteiger partial charge < -0.3 is 10.0 Å². The maximum Gasteiger partial charge on any atom is 0.0975 e. The molecule has 0 saturated heterocycles. The van der Waals surface area contributed by atoms with E-state index in [1.807, 2.05) is 42.9 Å². The molecule has 0 radical (unpaired) electrons. The van der Waals surface area contributed by atoms with Crippen molar-refractivity contribution in [1.82, 2.24) is 14.8 Å². The Morgan fingerprint density at radius 1 is 1.27 bits per heavy atom. The minimum Gasteiger partial charge on any atom is -0.387 e. The maximum absolute atomic E-state index is 10.1. The molecule has 0 spiro atoms. The molecule has 0 saturated carbocycles. The summed E-state index contributed by atoms with van der Waals surface area (Å²) in [4.78, 5) is 6.91. The van der Waals surface area contributed by atoms with Gasteiger partial charge >= 0.3 is 0 Å². The van der Waals surface area contributed by atoms with E-state index in [9.17, 15) is 5.11 Å². The second-order valence-electron chi connectivity index (χ2n) is 6.93. The zero-order chi connectivity index (χ0) is 18.3. The number of rotatable bonds is 3. The largest absolute Gasteiger partial charge is 0.387 e. The molecule has 0 fully saturated rings. The van der Waals surface area contributed by atoms with Crippen molar-refractivity contribution in [3.05, 3.63) is 52.4 Å². The molecule has 2 aromatic heterocycles. The van der Waals surface area contributed by atoms with E-state index in [1.165, 1.54) is 0 Å². The highest BCUT2D eigenvalue weighted by molar-refractivity contribution is 6.31. The molecule has 0 aliphatic carbocycles. The predicted molar refractivity (Wildman–Crippen MR) is 105 cm³/mol. The van der Waals surface area contributed by atoms with Gasteiger partial charge in [-0.3, -0.25) is 9.67 Å². The fourth-order valence-corrected chi connectivity index (χ4v) is 3.98. The lowest BCUT2D eigenvalue weighted by Crippen LogP contribution is -2.22. The Morgan fingerprint density at radius 3 is 2.92 bits per heavy atom. The normalized spacial score (nSPS) is 15.8. The van der Waals surface area contributed by atoms with Crippen molar-refractivity contribution in [2.24, 2.45) is 0 Å². The number of aromatic nitrogens is 3. The van der Waals surface area contributed by atoms with E-state index in [2.05, 4.69) is 21.0 Å². The molecular formula is C20H23ClN4O. The van der Waals surface area contributed by atoms with Crippen LogP contribution in [0.4, 0.5) is 5.69 Å². The Morgan fingerprint density at radius 2 is 2.12 bits per heavy atom. The summed E-state index contributed by atoms with van der Waals surface area (Å²) in [6, 6.07) is 8.05. The highest BCUT2D eigenvalue weighted by atomic mass is 35.5. The van der Waals surface area contributed by atoms with Crippen LogP contribution in [-0.4, -0.2) is 26.4 Å². The van der Waals surface area contributed by atoms with Gasteiger partial charge in [-0.1, -0.05) is 18.5 Å². The summed E-state index contributed by atoms with van der Waals surface area (Å²) in [5.74, 6) is 0. The van der Waals surface area contributed by atoms with E-state index in [0.717, 1.165) is 64.6 Å². The van der Waals surface area contributed by atoms with Gasteiger partial charge in [-0.15, -0.1) is 0 Å². The smallest absolute Gasteiger partial charge is 0.0975 e. The number of aliphatic hydroxyl groups excluding tert-OH is 1. The molecule has 1 atom stereocenters. The average molecular weight is 371 g/mol. The number of halogens is 1. The molecule has 1 aliphatic rings.